The van der Waals surface area contributed by atoms with Gasteiger partial charge in [0.25, 0.3) is 0 Å². The Bertz CT molecular complexity index is 1070. The summed E-state index contributed by atoms with van der Waals surface area (Å²) < 4.78 is 0. The van der Waals surface area contributed by atoms with E-state index in [9.17, 15) is 0 Å². The maximum Gasteiger partial charge on any atom is 0.154 e. The van der Waals surface area contributed by atoms with Crippen LogP contribution in [0.2, 0.25) is 0 Å². The summed E-state index contributed by atoms with van der Waals surface area (Å²) in [5.41, 5.74) is 7.39. The Kier molecular flexibility index (Phi) is 5.94. The zero-order valence-corrected chi connectivity index (χ0v) is 16.0. The van der Waals surface area contributed by atoms with Gasteiger partial charge in [-0.1, -0.05) is 30.3 Å². The number of nitriles is 1. The first-order valence-corrected chi connectivity index (χ1v) is 9.02. The van der Waals surface area contributed by atoms with Gasteiger partial charge in [-0.2, -0.15) is 5.26 Å². The minimum Gasteiger partial charge on any atom is -0.246 e. The average Bonchev–Trinajstić information content (AvgIpc) is 2.70. The van der Waals surface area contributed by atoms with E-state index in [2.05, 4.69) is 41.9 Å². The molecule has 0 saturated carbocycles. The van der Waals surface area contributed by atoms with Gasteiger partial charge in [0.1, 0.15) is 5.82 Å². The summed E-state index contributed by atoms with van der Waals surface area (Å²) in [4.78, 5) is 12.4. The lowest BCUT2D eigenvalue weighted by Crippen LogP contribution is -2.03. The first-order chi connectivity index (χ1) is 13.6. The molecule has 2 aromatic carbocycles. The van der Waals surface area contributed by atoms with Gasteiger partial charge in [-0.05, 0) is 59.9 Å². The van der Waals surface area contributed by atoms with Crippen LogP contribution in [0.4, 0.5) is 0 Å². The standard InChI is InChI=1S/C24H20N4/c1-17-12-21(8-10-26-3)13-18(2)23(17)15-22-9-11-27-24(28-22)14-19-4-6-20(16-25)7-5-19/h4-13H,14-15H2,1-2H3/b10-8+. The summed E-state index contributed by atoms with van der Waals surface area (Å²) in [7, 11) is 0. The maximum atomic E-state index is 8.91. The van der Waals surface area contributed by atoms with E-state index in [-0.39, 0.29) is 0 Å². The van der Waals surface area contributed by atoms with E-state index >= 15 is 0 Å². The van der Waals surface area contributed by atoms with Gasteiger partial charge in [-0.3, -0.25) is 0 Å². The van der Waals surface area contributed by atoms with Crippen LogP contribution in [0.25, 0.3) is 10.9 Å². The molecule has 0 bridgehead atoms. The molecule has 3 rings (SSSR count). The van der Waals surface area contributed by atoms with Crippen molar-refractivity contribution >= 4 is 6.08 Å². The van der Waals surface area contributed by atoms with Crippen molar-refractivity contribution in [2.45, 2.75) is 26.7 Å². The van der Waals surface area contributed by atoms with Crippen molar-refractivity contribution in [1.82, 2.24) is 9.97 Å². The summed E-state index contributed by atoms with van der Waals surface area (Å²) in [5, 5.41) is 8.91. The molecule has 0 aliphatic carbocycles. The van der Waals surface area contributed by atoms with Gasteiger partial charge in [0.2, 0.25) is 0 Å². The molecule has 1 heterocycles. The molecule has 0 atom stereocenters. The average molecular weight is 364 g/mol. The van der Waals surface area contributed by atoms with Gasteiger partial charge >= 0.3 is 0 Å². The lowest BCUT2D eigenvalue weighted by atomic mass is 9.95. The van der Waals surface area contributed by atoms with Gasteiger partial charge in [0, 0.05) is 24.7 Å². The molecular formula is C24H20N4. The van der Waals surface area contributed by atoms with Crippen LogP contribution >= 0.6 is 0 Å². The van der Waals surface area contributed by atoms with E-state index in [4.69, 9.17) is 16.8 Å². The molecule has 0 radical (unpaired) electrons. The molecule has 0 saturated heterocycles. The molecule has 136 valence electrons. The second-order valence-corrected chi connectivity index (χ2v) is 6.70. The summed E-state index contributed by atoms with van der Waals surface area (Å²) in [5.74, 6) is 0.772. The maximum absolute atomic E-state index is 8.91. The Labute approximate surface area is 165 Å². The van der Waals surface area contributed by atoms with Crippen molar-refractivity contribution in [3.05, 3.63) is 111 Å². The van der Waals surface area contributed by atoms with Crippen molar-refractivity contribution in [3.63, 3.8) is 0 Å². The van der Waals surface area contributed by atoms with Gasteiger partial charge < -0.3 is 0 Å². The lowest BCUT2D eigenvalue weighted by Gasteiger charge is -2.12. The van der Waals surface area contributed by atoms with Crippen LogP contribution in [-0.4, -0.2) is 9.97 Å². The van der Waals surface area contributed by atoms with E-state index < -0.39 is 0 Å². The topological polar surface area (TPSA) is 53.9 Å². The Hall–Kier alpha value is -3.76. The number of nitrogens with zero attached hydrogens (tertiary/aromatic N) is 4. The molecule has 0 amide bonds. The summed E-state index contributed by atoms with van der Waals surface area (Å²) >= 11 is 0. The van der Waals surface area contributed by atoms with E-state index in [0.29, 0.717) is 12.0 Å². The summed E-state index contributed by atoms with van der Waals surface area (Å²) in [6.07, 6.45) is 6.50. The fourth-order valence-corrected chi connectivity index (χ4v) is 3.21. The third-order valence-corrected chi connectivity index (χ3v) is 4.63. The molecule has 0 N–H and O–H groups in total. The molecule has 0 unspecified atom stereocenters. The molecule has 1 aromatic heterocycles. The zero-order chi connectivity index (χ0) is 19.9. The number of hydrogen-bond donors (Lipinski definition) is 0. The van der Waals surface area contributed by atoms with Crippen LogP contribution in [-0.2, 0) is 12.8 Å². The molecule has 3 aromatic rings. The van der Waals surface area contributed by atoms with Crippen molar-refractivity contribution in [3.8, 4) is 6.07 Å². The van der Waals surface area contributed by atoms with Crippen molar-refractivity contribution in [1.29, 1.82) is 5.26 Å². The highest BCUT2D eigenvalue weighted by Crippen LogP contribution is 2.21. The van der Waals surface area contributed by atoms with Gasteiger partial charge in [-0.25, -0.2) is 14.8 Å². The smallest absolute Gasteiger partial charge is 0.154 e. The first kappa shape index (κ1) is 19.0. The normalized spacial score (nSPS) is 10.6. The molecule has 0 aliphatic heterocycles. The third-order valence-electron chi connectivity index (χ3n) is 4.63. The van der Waals surface area contributed by atoms with E-state index in [1.807, 2.05) is 36.4 Å². The second-order valence-electron chi connectivity index (χ2n) is 6.70. The van der Waals surface area contributed by atoms with Crippen molar-refractivity contribution < 1.29 is 0 Å². The predicted molar refractivity (Wildman–Crippen MR) is 110 cm³/mol. The first-order valence-electron chi connectivity index (χ1n) is 9.02. The quantitative estimate of drug-likeness (QED) is 0.596. The largest absolute Gasteiger partial charge is 0.246 e. The summed E-state index contributed by atoms with van der Waals surface area (Å²) in [6, 6.07) is 15.8. The Morgan fingerprint density at radius 2 is 1.79 bits per heavy atom. The van der Waals surface area contributed by atoms with Crippen molar-refractivity contribution in [2.75, 3.05) is 0 Å². The molecular weight excluding hydrogens is 344 g/mol. The third kappa shape index (κ3) is 4.69. The van der Waals surface area contributed by atoms with E-state index in [1.54, 1.807) is 6.20 Å². The lowest BCUT2D eigenvalue weighted by molar-refractivity contribution is 0.912. The minimum atomic E-state index is 0.637. The highest BCUT2D eigenvalue weighted by atomic mass is 14.9. The van der Waals surface area contributed by atoms with Crippen molar-refractivity contribution in [2.24, 2.45) is 0 Å². The number of benzene rings is 2. The zero-order valence-electron chi connectivity index (χ0n) is 16.0. The van der Waals surface area contributed by atoms with E-state index in [1.165, 1.54) is 22.9 Å². The Morgan fingerprint density at radius 1 is 1.07 bits per heavy atom. The number of aryl methyl sites for hydroxylation is 2. The molecule has 4 heteroatoms. The van der Waals surface area contributed by atoms with Gasteiger partial charge in [-0.15, -0.1) is 0 Å². The van der Waals surface area contributed by atoms with Crippen LogP contribution in [0.1, 0.15) is 44.9 Å². The number of aromatic nitrogens is 2. The molecule has 0 aliphatic rings. The molecule has 0 spiro atoms. The van der Waals surface area contributed by atoms with Crippen LogP contribution < -0.4 is 0 Å². The van der Waals surface area contributed by atoms with Gasteiger partial charge in [0.15, 0.2) is 6.20 Å². The van der Waals surface area contributed by atoms with Crippen LogP contribution in [0.15, 0.2) is 54.9 Å². The highest BCUT2D eigenvalue weighted by molar-refractivity contribution is 5.55. The van der Waals surface area contributed by atoms with Crippen LogP contribution in [0, 0.1) is 31.8 Å². The second kappa shape index (κ2) is 8.75. The SMILES string of the molecule is [C-]#[N+]/C=C/c1cc(C)c(Cc2ccnc(Cc3ccc(C#N)cc3)n2)c(C)c1. The number of hydrogen-bond acceptors (Lipinski definition) is 3. The highest BCUT2D eigenvalue weighted by Gasteiger charge is 2.08. The monoisotopic (exact) mass is 364 g/mol. The summed E-state index contributed by atoms with van der Waals surface area (Å²) in [6.45, 7) is 11.1. The number of rotatable bonds is 5. The Morgan fingerprint density at radius 3 is 2.43 bits per heavy atom. The minimum absolute atomic E-state index is 0.637. The van der Waals surface area contributed by atoms with Crippen LogP contribution in [0.5, 0.6) is 0 Å². The molecule has 28 heavy (non-hydrogen) atoms. The Balaban J connectivity index is 1.80. The fraction of sp³-hybridized carbons (Fsp3) is 0.167. The van der Waals surface area contributed by atoms with Gasteiger partial charge in [0.05, 0.1) is 18.2 Å². The van der Waals surface area contributed by atoms with Crippen LogP contribution in [0.3, 0.4) is 0 Å². The molecule has 0 fully saturated rings. The van der Waals surface area contributed by atoms with E-state index in [0.717, 1.165) is 29.1 Å². The fourth-order valence-electron chi connectivity index (χ4n) is 3.21. The predicted octanol–water partition coefficient (Wildman–Crippen LogP) is 5.04. The molecule has 4 nitrogen and oxygen atoms in total.